The highest BCUT2D eigenvalue weighted by atomic mass is 32.2. The summed E-state index contributed by atoms with van der Waals surface area (Å²) in [4.78, 5) is 20.2. The molecule has 0 saturated carbocycles. The largest absolute Gasteiger partial charge is 0.360 e. The number of nitrogens with zero attached hydrogens (tertiary/aromatic N) is 3. The molecule has 1 amide bonds. The number of nitrogens with one attached hydrogen (secondary N) is 1. The van der Waals surface area contributed by atoms with Crippen LogP contribution in [0.25, 0.3) is 0 Å². The third-order valence-electron chi connectivity index (χ3n) is 2.42. The van der Waals surface area contributed by atoms with E-state index in [1.54, 1.807) is 13.0 Å². The van der Waals surface area contributed by atoms with Crippen LogP contribution < -0.4 is 5.32 Å². The molecule has 1 N–H and O–H groups in total. The fourth-order valence-electron chi connectivity index (χ4n) is 1.64. The molecular formula is C13H16N4O2S. The number of anilines is 1. The summed E-state index contributed by atoms with van der Waals surface area (Å²) in [5, 5.41) is 7.28. The summed E-state index contributed by atoms with van der Waals surface area (Å²) < 4.78 is 4.88. The molecule has 6 nitrogen and oxygen atoms in total. The molecule has 0 aliphatic rings. The fraction of sp³-hybridized carbons (Fsp3) is 0.385. The lowest BCUT2D eigenvalue weighted by Gasteiger charge is -2.03. The van der Waals surface area contributed by atoms with E-state index in [0.717, 1.165) is 16.5 Å². The summed E-state index contributed by atoms with van der Waals surface area (Å²) in [6.07, 6.45) is 0.388. The Morgan fingerprint density at radius 1 is 1.30 bits per heavy atom. The molecule has 0 spiro atoms. The highest BCUT2D eigenvalue weighted by Crippen LogP contribution is 2.17. The van der Waals surface area contributed by atoms with Gasteiger partial charge in [-0.3, -0.25) is 4.79 Å². The van der Waals surface area contributed by atoms with E-state index in [1.807, 2.05) is 19.9 Å². The number of thioether (sulfide) groups is 1. The summed E-state index contributed by atoms with van der Waals surface area (Å²) >= 11 is 1.54. The van der Waals surface area contributed by atoms with Gasteiger partial charge in [0.05, 0.1) is 5.03 Å². The third-order valence-corrected chi connectivity index (χ3v) is 3.33. The van der Waals surface area contributed by atoms with E-state index in [4.69, 9.17) is 4.52 Å². The highest BCUT2D eigenvalue weighted by Gasteiger charge is 2.07. The second-order valence-electron chi connectivity index (χ2n) is 4.36. The third kappa shape index (κ3) is 4.34. The van der Waals surface area contributed by atoms with E-state index in [9.17, 15) is 4.79 Å². The summed E-state index contributed by atoms with van der Waals surface area (Å²) in [6, 6.07) is 3.60. The Morgan fingerprint density at radius 2 is 2.10 bits per heavy atom. The standard InChI is InChI=1S/C13H16N4O2S/c1-8-6-13(15-10(3)14-8)20-5-4-12(18)16-11-7-9(2)19-17-11/h6-7H,4-5H2,1-3H3,(H,16,17,18). The van der Waals surface area contributed by atoms with Gasteiger partial charge in [0.2, 0.25) is 5.91 Å². The van der Waals surface area contributed by atoms with Crippen molar-refractivity contribution in [1.29, 1.82) is 0 Å². The van der Waals surface area contributed by atoms with Crippen molar-refractivity contribution in [2.75, 3.05) is 11.1 Å². The topological polar surface area (TPSA) is 80.9 Å². The molecule has 7 heteroatoms. The Bertz CT molecular complexity index is 592. The molecule has 20 heavy (non-hydrogen) atoms. The maximum absolute atomic E-state index is 11.7. The lowest BCUT2D eigenvalue weighted by Crippen LogP contribution is -2.12. The SMILES string of the molecule is Cc1cc(SCCC(=O)Nc2cc(C)on2)nc(C)n1. The van der Waals surface area contributed by atoms with Gasteiger partial charge in [-0.1, -0.05) is 5.16 Å². The highest BCUT2D eigenvalue weighted by molar-refractivity contribution is 7.99. The molecule has 0 atom stereocenters. The van der Waals surface area contributed by atoms with Crippen molar-refractivity contribution in [3.8, 4) is 0 Å². The smallest absolute Gasteiger partial charge is 0.226 e. The Morgan fingerprint density at radius 3 is 2.75 bits per heavy atom. The molecule has 0 bridgehead atoms. The van der Waals surface area contributed by atoms with E-state index in [0.29, 0.717) is 23.8 Å². The maximum Gasteiger partial charge on any atom is 0.226 e. The lowest BCUT2D eigenvalue weighted by molar-refractivity contribution is -0.115. The van der Waals surface area contributed by atoms with Crippen LogP contribution in [0.4, 0.5) is 5.82 Å². The van der Waals surface area contributed by atoms with Gasteiger partial charge in [-0.15, -0.1) is 11.8 Å². The van der Waals surface area contributed by atoms with Crippen molar-refractivity contribution in [2.24, 2.45) is 0 Å². The van der Waals surface area contributed by atoms with Crippen LogP contribution >= 0.6 is 11.8 Å². The van der Waals surface area contributed by atoms with Crippen molar-refractivity contribution in [2.45, 2.75) is 32.2 Å². The monoisotopic (exact) mass is 292 g/mol. The number of hydrogen-bond donors (Lipinski definition) is 1. The number of amides is 1. The summed E-state index contributed by atoms with van der Waals surface area (Å²) in [7, 11) is 0. The molecule has 0 radical (unpaired) electrons. The molecule has 0 fully saturated rings. The van der Waals surface area contributed by atoms with Gasteiger partial charge < -0.3 is 9.84 Å². The van der Waals surface area contributed by atoms with Crippen LogP contribution in [0.15, 0.2) is 21.7 Å². The predicted octanol–water partition coefficient (Wildman–Crippen LogP) is 2.51. The van der Waals surface area contributed by atoms with Gasteiger partial charge in [0.15, 0.2) is 5.82 Å². The average Bonchev–Trinajstić information content (AvgIpc) is 2.73. The van der Waals surface area contributed by atoms with Crippen LogP contribution in [0.3, 0.4) is 0 Å². The zero-order valence-electron chi connectivity index (χ0n) is 11.6. The summed E-state index contributed by atoms with van der Waals surface area (Å²) in [5.74, 6) is 2.43. The molecule has 0 saturated heterocycles. The van der Waals surface area contributed by atoms with Gasteiger partial charge >= 0.3 is 0 Å². The van der Waals surface area contributed by atoms with Gasteiger partial charge in [0.25, 0.3) is 0 Å². The normalized spacial score (nSPS) is 10.6. The number of aryl methyl sites for hydroxylation is 3. The van der Waals surface area contributed by atoms with E-state index in [-0.39, 0.29) is 5.91 Å². The molecule has 2 aromatic rings. The molecular weight excluding hydrogens is 276 g/mol. The Hall–Kier alpha value is -1.89. The molecule has 106 valence electrons. The first-order chi connectivity index (χ1) is 9.52. The minimum atomic E-state index is -0.0895. The van der Waals surface area contributed by atoms with Crippen LogP contribution in [-0.4, -0.2) is 26.8 Å². The summed E-state index contributed by atoms with van der Waals surface area (Å²) in [6.45, 7) is 5.56. The van der Waals surface area contributed by atoms with Crippen LogP contribution in [-0.2, 0) is 4.79 Å². The second-order valence-corrected chi connectivity index (χ2v) is 5.48. The first kappa shape index (κ1) is 14.5. The first-order valence-corrected chi connectivity index (χ1v) is 7.20. The zero-order valence-corrected chi connectivity index (χ0v) is 12.5. The van der Waals surface area contributed by atoms with Crippen LogP contribution in [0.2, 0.25) is 0 Å². The molecule has 2 aromatic heterocycles. The van der Waals surface area contributed by atoms with Crippen LogP contribution in [0.5, 0.6) is 0 Å². The number of carbonyl (C=O) groups excluding carboxylic acids is 1. The van der Waals surface area contributed by atoms with Crippen molar-refractivity contribution in [1.82, 2.24) is 15.1 Å². The van der Waals surface area contributed by atoms with Crippen molar-refractivity contribution in [3.05, 3.63) is 29.4 Å². The Balaban J connectivity index is 1.79. The number of aromatic nitrogens is 3. The summed E-state index contributed by atoms with van der Waals surface area (Å²) in [5.41, 5.74) is 0.933. The van der Waals surface area contributed by atoms with E-state index < -0.39 is 0 Å². The van der Waals surface area contributed by atoms with Crippen molar-refractivity contribution in [3.63, 3.8) is 0 Å². The molecule has 2 rings (SSSR count). The second kappa shape index (κ2) is 6.51. The van der Waals surface area contributed by atoms with Gasteiger partial charge in [-0.25, -0.2) is 9.97 Å². The number of rotatable bonds is 5. The van der Waals surface area contributed by atoms with Crippen molar-refractivity contribution >= 4 is 23.5 Å². The quantitative estimate of drug-likeness (QED) is 0.673. The minimum absolute atomic E-state index is 0.0895. The number of carbonyl (C=O) groups is 1. The van der Waals surface area contributed by atoms with Gasteiger partial charge in [-0.05, 0) is 26.8 Å². The van der Waals surface area contributed by atoms with E-state index in [2.05, 4.69) is 20.4 Å². The van der Waals surface area contributed by atoms with Gasteiger partial charge in [-0.2, -0.15) is 0 Å². The lowest BCUT2D eigenvalue weighted by atomic mass is 10.4. The molecule has 0 unspecified atom stereocenters. The van der Waals surface area contributed by atoms with Crippen molar-refractivity contribution < 1.29 is 9.32 Å². The number of hydrogen-bond acceptors (Lipinski definition) is 6. The van der Waals surface area contributed by atoms with Gasteiger partial charge in [0, 0.05) is 23.9 Å². The van der Waals surface area contributed by atoms with E-state index in [1.165, 1.54) is 11.8 Å². The fourth-order valence-corrected chi connectivity index (χ4v) is 2.58. The molecule has 0 aliphatic heterocycles. The Kier molecular flexibility index (Phi) is 4.73. The molecule has 0 aromatic carbocycles. The average molecular weight is 292 g/mol. The Labute approximate surface area is 121 Å². The first-order valence-electron chi connectivity index (χ1n) is 6.21. The van der Waals surface area contributed by atoms with Crippen LogP contribution in [0, 0.1) is 20.8 Å². The maximum atomic E-state index is 11.7. The molecule has 2 heterocycles. The van der Waals surface area contributed by atoms with Gasteiger partial charge in [0.1, 0.15) is 11.6 Å². The predicted molar refractivity (Wildman–Crippen MR) is 76.7 cm³/mol. The molecule has 0 aliphatic carbocycles. The van der Waals surface area contributed by atoms with Crippen LogP contribution in [0.1, 0.15) is 23.7 Å². The zero-order chi connectivity index (χ0) is 14.5. The minimum Gasteiger partial charge on any atom is -0.360 e. The van der Waals surface area contributed by atoms with E-state index >= 15 is 0 Å².